The van der Waals surface area contributed by atoms with E-state index in [2.05, 4.69) is 5.32 Å². The number of para-hydroxylation sites is 1. The molecule has 35 heavy (non-hydrogen) atoms. The molecule has 3 aromatic carbocycles. The maximum Gasteiger partial charge on any atom is 0.296 e. The lowest BCUT2D eigenvalue weighted by atomic mass is 10.1. The van der Waals surface area contributed by atoms with E-state index < -0.39 is 28.3 Å². The smallest absolute Gasteiger partial charge is 0.296 e. The highest BCUT2D eigenvalue weighted by Crippen LogP contribution is 2.35. The number of methoxy groups -OCH3 is 1. The Balaban J connectivity index is 2.10. The number of nitrogens with one attached hydrogen (secondary N) is 1. The van der Waals surface area contributed by atoms with Crippen molar-refractivity contribution in [3.05, 3.63) is 87.7 Å². The number of carbonyl (C=O) groups excluding carboxylic acids is 1. The van der Waals surface area contributed by atoms with Crippen LogP contribution in [0.2, 0.25) is 0 Å². The number of nitrogens with two attached hydrogens (primary N) is 1. The van der Waals surface area contributed by atoms with Crippen LogP contribution >= 0.6 is 12.2 Å². The molecule has 0 fully saturated rings. The number of anilines is 3. The van der Waals surface area contributed by atoms with E-state index >= 15 is 4.39 Å². The number of thiocarbonyl (C=S) groups is 1. The first kappa shape index (κ1) is 25.5. The molecule has 0 heterocycles. The second-order valence-electron chi connectivity index (χ2n) is 7.32. The number of hydrazine groups is 1. The predicted molar refractivity (Wildman–Crippen MR) is 131 cm³/mol. The van der Waals surface area contributed by atoms with Crippen molar-refractivity contribution >= 4 is 46.0 Å². The summed E-state index contributed by atoms with van der Waals surface area (Å²) in [5.74, 6) is 3.12. The van der Waals surface area contributed by atoms with E-state index in [0.717, 1.165) is 5.56 Å². The fraction of sp³-hybridized carbons (Fsp3) is 0.130. The van der Waals surface area contributed by atoms with Crippen LogP contribution in [0.1, 0.15) is 11.1 Å². The topological polar surface area (TPSA) is 114 Å². The Kier molecular flexibility index (Phi) is 7.89. The molecule has 0 saturated carbocycles. The van der Waals surface area contributed by atoms with Gasteiger partial charge >= 0.3 is 0 Å². The molecule has 0 spiro atoms. The van der Waals surface area contributed by atoms with Gasteiger partial charge in [0.1, 0.15) is 11.4 Å². The van der Waals surface area contributed by atoms with Gasteiger partial charge in [0, 0.05) is 0 Å². The number of nitro groups is 1. The van der Waals surface area contributed by atoms with Crippen molar-refractivity contribution in [1.29, 1.82) is 0 Å². The van der Waals surface area contributed by atoms with Crippen LogP contribution in [0.3, 0.4) is 0 Å². The van der Waals surface area contributed by atoms with Gasteiger partial charge in [0.25, 0.3) is 11.6 Å². The molecule has 0 aromatic heterocycles. The van der Waals surface area contributed by atoms with Gasteiger partial charge in [-0.1, -0.05) is 34.8 Å². The molecule has 0 unspecified atom stereocenters. The summed E-state index contributed by atoms with van der Waals surface area (Å²) in [5.41, 5.74) is 0.788. The van der Waals surface area contributed by atoms with Crippen molar-refractivity contribution in [2.75, 3.05) is 17.3 Å². The van der Waals surface area contributed by atoms with E-state index in [0.29, 0.717) is 5.69 Å². The number of nitro benzene ring substituents is 1. The summed E-state index contributed by atoms with van der Waals surface area (Å²) in [6.07, 6.45) is -0.627. The van der Waals surface area contributed by atoms with Crippen LogP contribution in [0.25, 0.3) is 0 Å². The lowest BCUT2D eigenvalue weighted by molar-refractivity contribution is -0.384. The Morgan fingerprint density at radius 1 is 1.17 bits per heavy atom. The minimum atomic E-state index is -1.14. The number of ether oxygens (including phenoxy) is 1. The molecule has 0 saturated heterocycles. The standard InChI is InChI=1S/C23H21F2N5O4S/c1-14-6-3-4-8-18(14)28(19-9-5-7-15(22(19)24)12-21(31)29(25)26)23(35)27-17-11-10-16(34-2)13-20(17)30(32)33/h3-11,13H,12,26H2,1-2H3,(H,27,35). The molecule has 0 aliphatic heterocycles. The Labute approximate surface area is 204 Å². The molecular weight excluding hydrogens is 480 g/mol. The molecule has 0 atom stereocenters. The first-order valence-corrected chi connectivity index (χ1v) is 10.5. The molecule has 12 heteroatoms. The summed E-state index contributed by atoms with van der Waals surface area (Å²) in [4.78, 5) is 24.1. The summed E-state index contributed by atoms with van der Waals surface area (Å²) in [6, 6.07) is 15.3. The predicted octanol–water partition coefficient (Wildman–Crippen LogP) is 4.72. The average Bonchev–Trinajstić information content (AvgIpc) is 2.82. The molecule has 1 amide bonds. The quantitative estimate of drug-likeness (QED) is 0.119. The largest absolute Gasteiger partial charge is 0.496 e. The van der Waals surface area contributed by atoms with Crippen LogP contribution in [0.15, 0.2) is 60.7 Å². The summed E-state index contributed by atoms with van der Waals surface area (Å²) in [7, 11) is 1.38. The fourth-order valence-electron chi connectivity index (χ4n) is 3.34. The highest BCUT2D eigenvalue weighted by molar-refractivity contribution is 7.80. The molecule has 0 radical (unpaired) electrons. The number of benzene rings is 3. The van der Waals surface area contributed by atoms with Gasteiger partial charge in [-0.3, -0.25) is 19.8 Å². The molecule has 0 aliphatic carbocycles. The van der Waals surface area contributed by atoms with E-state index in [4.69, 9.17) is 22.8 Å². The maximum atomic E-state index is 15.6. The number of carbonyl (C=O) groups is 1. The number of halogens is 2. The van der Waals surface area contributed by atoms with Gasteiger partial charge in [0.2, 0.25) is 0 Å². The summed E-state index contributed by atoms with van der Waals surface area (Å²) < 4.78 is 33.7. The maximum absolute atomic E-state index is 15.6. The van der Waals surface area contributed by atoms with Gasteiger partial charge in [-0.25, -0.2) is 10.2 Å². The van der Waals surface area contributed by atoms with Gasteiger partial charge in [0.15, 0.2) is 10.9 Å². The molecule has 3 rings (SSSR count). The second kappa shape index (κ2) is 10.8. The number of hydrogen-bond donors (Lipinski definition) is 2. The number of amides is 1. The Morgan fingerprint density at radius 3 is 2.49 bits per heavy atom. The van der Waals surface area contributed by atoms with Crippen molar-refractivity contribution in [2.24, 2.45) is 5.84 Å². The first-order valence-electron chi connectivity index (χ1n) is 10.1. The van der Waals surface area contributed by atoms with Crippen molar-refractivity contribution < 1.29 is 23.3 Å². The number of hydrogen-bond acceptors (Lipinski definition) is 6. The zero-order valence-corrected chi connectivity index (χ0v) is 19.5. The summed E-state index contributed by atoms with van der Waals surface area (Å²) in [6.45, 7) is 1.78. The zero-order chi connectivity index (χ0) is 25.7. The van der Waals surface area contributed by atoms with Crippen LogP contribution < -0.4 is 20.8 Å². The minimum Gasteiger partial charge on any atom is -0.496 e. The molecule has 182 valence electrons. The van der Waals surface area contributed by atoms with Crippen LogP contribution in [-0.2, 0) is 11.2 Å². The summed E-state index contributed by atoms with van der Waals surface area (Å²) in [5, 5.41) is 13.7. The van der Waals surface area contributed by atoms with Crippen molar-refractivity contribution in [2.45, 2.75) is 13.3 Å². The number of rotatable bonds is 7. The zero-order valence-electron chi connectivity index (χ0n) is 18.7. The fourth-order valence-corrected chi connectivity index (χ4v) is 3.65. The lowest BCUT2D eigenvalue weighted by Gasteiger charge is -2.28. The lowest BCUT2D eigenvalue weighted by Crippen LogP contribution is -2.33. The minimum absolute atomic E-state index is 0.0549. The van der Waals surface area contributed by atoms with Crippen molar-refractivity contribution in [3.63, 3.8) is 0 Å². The first-order chi connectivity index (χ1) is 16.6. The van der Waals surface area contributed by atoms with Gasteiger partial charge < -0.3 is 10.1 Å². The van der Waals surface area contributed by atoms with E-state index in [1.807, 2.05) is 0 Å². The third-order valence-electron chi connectivity index (χ3n) is 5.08. The van der Waals surface area contributed by atoms with Crippen LogP contribution in [0.5, 0.6) is 5.75 Å². The molecule has 9 nitrogen and oxygen atoms in total. The van der Waals surface area contributed by atoms with Gasteiger partial charge in [-0.2, -0.15) is 0 Å². The molecule has 3 aromatic rings. The van der Waals surface area contributed by atoms with Crippen molar-refractivity contribution in [1.82, 2.24) is 5.23 Å². The van der Waals surface area contributed by atoms with E-state index in [-0.39, 0.29) is 33.5 Å². The highest BCUT2D eigenvalue weighted by Gasteiger charge is 2.25. The average molecular weight is 502 g/mol. The third-order valence-corrected chi connectivity index (χ3v) is 5.37. The Bertz CT molecular complexity index is 1290. The Morgan fingerprint density at radius 2 is 1.86 bits per heavy atom. The number of aryl methyl sites for hydroxylation is 1. The summed E-state index contributed by atoms with van der Waals surface area (Å²) >= 11 is 5.56. The van der Waals surface area contributed by atoms with Gasteiger partial charge in [-0.15, -0.1) is 5.23 Å². The molecule has 0 bridgehead atoms. The normalized spacial score (nSPS) is 10.4. The van der Waals surface area contributed by atoms with Crippen LogP contribution in [-0.4, -0.2) is 28.3 Å². The monoisotopic (exact) mass is 501 g/mol. The molecular formula is C23H21F2N5O4S. The molecule has 3 N–H and O–H groups in total. The van der Waals surface area contributed by atoms with Crippen LogP contribution in [0.4, 0.5) is 31.6 Å². The van der Waals surface area contributed by atoms with E-state index in [1.54, 1.807) is 31.2 Å². The van der Waals surface area contributed by atoms with E-state index in [9.17, 15) is 19.4 Å². The second-order valence-corrected chi connectivity index (χ2v) is 7.71. The van der Waals surface area contributed by atoms with Crippen LogP contribution in [0, 0.1) is 22.9 Å². The SMILES string of the molecule is COc1ccc(NC(=S)N(c2ccccc2C)c2cccc(CC(=O)N(N)F)c2F)c([N+](=O)[O-])c1. The van der Waals surface area contributed by atoms with E-state index in [1.165, 1.54) is 48.4 Å². The Hall–Kier alpha value is -4.16. The van der Waals surface area contributed by atoms with Gasteiger partial charge in [-0.05, 0) is 54.5 Å². The number of nitrogens with zero attached hydrogens (tertiary/aromatic N) is 3. The van der Waals surface area contributed by atoms with Gasteiger partial charge in [0.05, 0.1) is 35.9 Å². The van der Waals surface area contributed by atoms with Crippen molar-refractivity contribution in [3.8, 4) is 5.75 Å². The molecule has 0 aliphatic rings. The highest BCUT2D eigenvalue weighted by atomic mass is 32.1. The third kappa shape index (κ3) is 5.67.